The first-order valence-electron chi connectivity index (χ1n) is 9.56. The highest BCUT2D eigenvalue weighted by molar-refractivity contribution is 5.92. The van der Waals surface area contributed by atoms with Gasteiger partial charge in [0.05, 0.1) is 6.04 Å². The summed E-state index contributed by atoms with van der Waals surface area (Å²) < 4.78 is 5.74. The van der Waals surface area contributed by atoms with E-state index in [1.807, 2.05) is 13.0 Å². The van der Waals surface area contributed by atoms with E-state index >= 15 is 0 Å². The Labute approximate surface area is 173 Å². The molecule has 1 saturated heterocycles. The smallest absolute Gasteiger partial charge is 0.267 e. The molecule has 30 heavy (non-hydrogen) atoms. The van der Waals surface area contributed by atoms with Crippen molar-refractivity contribution in [3.63, 3.8) is 0 Å². The zero-order chi connectivity index (χ0) is 21.1. The second kappa shape index (κ2) is 8.44. The van der Waals surface area contributed by atoms with Crippen molar-refractivity contribution in [1.29, 1.82) is 0 Å². The number of aromatic nitrogens is 3. The minimum absolute atomic E-state index is 0.0899. The monoisotopic (exact) mass is 406 g/mol. The lowest BCUT2D eigenvalue weighted by Gasteiger charge is -2.17. The number of ether oxygens (including phenoxy) is 1. The summed E-state index contributed by atoms with van der Waals surface area (Å²) in [6.07, 6.45) is 1.77. The number of hydrogen-bond acceptors (Lipinski definition) is 8. The topological polar surface area (TPSA) is 135 Å². The summed E-state index contributed by atoms with van der Waals surface area (Å²) in [4.78, 5) is 24.7. The van der Waals surface area contributed by atoms with Crippen molar-refractivity contribution < 1.29 is 14.6 Å². The number of aryl methyl sites for hydroxylation is 1. The Bertz CT molecular complexity index is 1040. The van der Waals surface area contributed by atoms with Gasteiger partial charge in [-0.15, -0.1) is 0 Å². The fourth-order valence-electron chi connectivity index (χ4n) is 3.11. The Kier molecular flexibility index (Phi) is 5.55. The number of rotatable bonds is 6. The average molecular weight is 406 g/mol. The van der Waals surface area contributed by atoms with Gasteiger partial charge in [-0.25, -0.2) is 15.0 Å². The van der Waals surface area contributed by atoms with E-state index in [0.717, 1.165) is 12.0 Å². The highest BCUT2D eigenvalue weighted by Gasteiger charge is 2.25. The molecule has 2 aromatic heterocycles. The third-order valence-corrected chi connectivity index (χ3v) is 4.72. The Balaban J connectivity index is 1.57. The van der Waals surface area contributed by atoms with Gasteiger partial charge in [0.25, 0.3) is 5.91 Å². The SMILES string of the molecule is Cc1ccc(Oc2ccc(-c3nc(N[C@H]4CCNC4O)cc(C(N)=O)n3)cc2)nc1. The lowest BCUT2D eigenvalue weighted by Crippen LogP contribution is -2.35. The van der Waals surface area contributed by atoms with Gasteiger partial charge in [0.15, 0.2) is 5.82 Å². The predicted octanol–water partition coefficient (Wildman–Crippen LogP) is 1.83. The van der Waals surface area contributed by atoms with Gasteiger partial charge < -0.3 is 20.9 Å². The van der Waals surface area contributed by atoms with Crippen LogP contribution < -0.4 is 21.1 Å². The minimum atomic E-state index is -0.688. The summed E-state index contributed by atoms with van der Waals surface area (Å²) in [7, 11) is 0. The van der Waals surface area contributed by atoms with Crippen LogP contribution >= 0.6 is 0 Å². The molecule has 1 aliphatic heterocycles. The second-order valence-electron chi connectivity index (χ2n) is 7.06. The summed E-state index contributed by atoms with van der Waals surface area (Å²) in [5, 5.41) is 16.0. The van der Waals surface area contributed by atoms with E-state index in [2.05, 4.69) is 25.6 Å². The maximum absolute atomic E-state index is 11.7. The summed E-state index contributed by atoms with van der Waals surface area (Å²) in [5.74, 6) is 1.22. The van der Waals surface area contributed by atoms with Crippen LogP contribution in [0.1, 0.15) is 22.5 Å². The van der Waals surface area contributed by atoms with Gasteiger partial charge in [-0.1, -0.05) is 6.07 Å². The summed E-state index contributed by atoms with van der Waals surface area (Å²) in [6.45, 7) is 2.65. The molecule has 0 saturated carbocycles. The van der Waals surface area contributed by atoms with E-state index in [0.29, 0.717) is 35.4 Å². The van der Waals surface area contributed by atoms with Crippen molar-refractivity contribution in [2.45, 2.75) is 25.6 Å². The number of amides is 1. The molecular weight excluding hydrogens is 384 g/mol. The number of carbonyl (C=O) groups is 1. The van der Waals surface area contributed by atoms with E-state index in [-0.39, 0.29) is 11.7 Å². The van der Waals surface area contributed by atoms with Crippen LogP contribution in [0, 0.1) is 6.92 Å². The molecule has 4 rings (SSSR count). The molecule has 154 valence electrons. The molecule has 2 atom stereocenters. The summed E-state index contributed by atoms with van der Waals surface area (Å²) >= 11 is 0. The lowest BCUT2D eigenvalue weighted by molar-refractivity contribution is 0.0995. The average Bonchev–Trinajstić information content (AvgIpc) is 3.14. The van der Waals surface area contributed by atoms with Crippen molar-refractivity contribution in [2.24, 2.45) is 5.73 Å². The molecule has 1 unspecified atom stereocenters. The normalized spacial score (nSPS) is 18.2. The minimum Gasteiger partial charge on any atom is -0.439 e. The number of aliphatic hydroxyl groups is 1. The zero-order valence-electron chi connectivity index (χ0n) is 16.4. The van der Waals surface area contributed by atoms with Crippen LogP contribution in [0.15, 0.2) is 48.7 Å². The van der Waals surface area contributed by atoms with Crippen LogP contribution in [-0.2, 0) is 0 Å². The number of nitrogens with zero attached hydrogens (tertiary/aromatic N) is 3. The largest absolute Gasteiger partial charge is 0.439 e. The number of anilines is 1. The van der Waals surface area contributed by atoms with Crippen LogP contribution in [0.5, 0.6) is 11.6 Å². The first kappa shape index (κ1) is 19.7. The van der Waals surface area contributed by atoms with E-state index in [9.17, 15) is 9.90 Å². The summed E-state index contributed by atoms with van der Waals surface area (Å²) in [5.41, 5.74) is 7.27. The van der Waals surface area contributed by atoms with Gasteiger partial charge in [-0.05, 0) is 49.7 Å². The molecule has 1 aromatic carbocycles. The summed E-state index contributed by atoms with van der Waals surface area (Å²) in [6, 6.07) is 12.1. The van der Waals surface area contributed by atoms with Gasteiger partial charge >= 0.3 is 0 Å². The van der Waals surface area contributed by atoms with Gasteiger partial charge in [0.1, 0.15) is 23.5 Å². The lowest BCUT2D eigenvalue weighted by atomic mass is 10.2. The van der Waals surface area contributed by atoms with Crippen LogP contribution in [0.25, 0.3) is 11.4 Å². The van der Waals surface area contributed by atoms with Crippen LogP contribution in [0.4, 0.5) is 5.82 Å². The number of primary amides is 1. The van der Waals surface area contributed by atoms with Crippen molar-refractivity contribution in [2.75, 3.05) is 11.9 Å². The molecule has 0 aliphatic carbocycles. The number of carbonyl (C=O) groups excluding carboxylic acids is 1. The van der Waals surface area contributed by atoms with E-state index in [1.54, 1.807) is 36.5 Å². The first-order chi connectivity index (χ1) is 14.5. The fourth-order valence-corrected chi connectivity index (χ4v) is 3.11. The number of hydrogen-bond donors (Lipinski definition) is 4. The van der Waals surface area contributed by atoms with E-state index in [1.165, 1.54) is 6.07 Å². The Morgan fingerprint density at radius 3 is 2.67 bits per heavy atom. The molecule has 3 aromatic rings. The standard InChI is InChI=1S/C21H22N6O3/c1-12-2-7-18(24-11-12)30-14-5-3-13(4-6-14)20-26-16(19(22)28)10-17(27-20)25-15-8-9-23-21(15)29/h2-7,10-11,15,21,23,29H,8-9H2,1H3,(H2,22,28)(H,25,26,27)/t15-,21?/m0/s1. The molecule has 5 N–H and O–H groups in total. The third-order valence-electron chi connectivity index (χ3n) is 4.72. The Hall–Kier alpha value is -3.56. The molecule has 3 heterocycles. The second-order valence-corrected chi connectivity index (χ2v) is 7.06. The number of benzene rings is 1. The van der Waals surface area contributed by atoms with Gasteiger partial charge in [0.2, 0.25) is 5.88 Å². The highest BCUT2D eigenvalue weighted by atomic mass is 16.5. The zero-order valence-corrected chi connectivity index (χ0v) is 16.4. The molecule has 1 amide bonds. The van der Waals surface area contributed by atoms with E-state index in [4.69, 9.17) is 10.5 Å². The Morgan fingerprint density at radius 2 is 2.03 bits per heavy atom. The van der Waals surface area contributed by atoms with Crippen molar-refractivity contribution >= 4 is 11.7 Å². The Morgan fingerprint density at radius 1 is 1.23 bits per heavy atom. The van der Waals surface area contributed by atoms with Gasteiger partial charge in [-0.3, -0.25) is 10.1 Å². The molecule has 0 spiro atoms. The maximum atomic E-state index is 11.7. The van der Waals surface area contributed by atoms with Crippen LogP contribution in [0.3, 0.4) is 0 Å². The first-order valence-corrected chi connectivity index (χ1v) is 9.56. The highest BCUT2D eigenvalue weighted by Crippen LogP contribution is 2.25. The van der Waals surface area contributed by atoms with Crippen LogP contribution in [-0.4, -0.2) is 44.8 Å². The fraction of sp³-hybridized carbons (Fsp3) is 0.238. The number of nitrogens with one attached hydrogen (secondary N) is 2. The molecule has 1 fully saturated rings. The quantitative estimate of drug-likeness (QED) is 0.487. The molecule has 9 nitrogen and oxygen atoms in total. The third kappa shape index (κ3) is 4.53. The van der Waals surface area contributed by atoms with Crippen molar-refractivity contribution in [1.82, 2.24) is 20.3 Å². The van der Waals surface area contributed by atoms with E-state index < -0.39 is 12.1 Å². The van der Waals surface area contributed by atoms with Crippen molar-refractivity contribution in [3.8, 4) is 23.0 Å². The number of aliphatic hydroxyl groups excluding tert-OH is 1. The van der Waals surface area contributed by atoms with Gasteiger partial charge in [-0.2, -0.15) is 0 Å². The van der Waals surface area contributed by atoms with Crippen LogP contribution in [0.2, 0.25) is 0 Å². The molecular formula is C21H22N6O3. The number of pyridine rings is 1. The molecule has 9 heteroatoms. The molecule has 0 bridgehead atoms. The van der Waals surface area contributed by atoms with Gasteiger partial charge in [0, 0.05) is 23.9 Å². The molecule has 0 radical (unpaired) electrons. The predicted molar refractivity (Wildman–Crippen MR) is 111 cm³/mol. The maximum Gasteiger partial charge on any atom is 0.267 e. The van der Waals surface area contributed by atoms with Crippen molar-refractivity contribution in [3.05, 3.63) is 59.9 Å². The number of nitrogens with two attached hydrogens (primary N) is 1. The molecule has 1 aliphatic rings.